The van der Waals surface area contributed by atoms with Gasteiger partial charge in [0.2, 0.25) is 0 Å². The van der Waals surface area contributed by atoms with Crippen LogP contribution in [0, 0.1) is 0 Å². The monoisotopic (exact) mass is 234 g/mol. The van der Waals surface area contributed by atoms with E-state index in [2.05, 4.69) is 4.99 Å². The van der Waals surface area contributed by atoms with Crippen molar-refractivity contribution in [2.45, 2.75) is 38.8 Å². The molecule has 4 nitrogen and oxygen atoms in total. The van der Waals surface area contributed by atoms with Gasteiger partial charge < -0.3 is 4.74 Å². The molecule has 2 heterocycles. The van der Waals surface area contributed by atoms with E-state index in [0.29, 0.717) is 12.1 Å². The highest BCUT2D eigenvalue weighted by Crippen LogP contribution is 2.13. The van der Waals surface area contributed by atoms with E-state index in [4.69, 9.17) is 4.74 Å². The van der Waals surface area contributed by atoms with Crippen LogP contribution in [0.4, 0.5) is 0 Å². The fourth-order valence-electron chi connectivity index (χ4n) is 1.92. The minimum absolute atomic E-state index is 0.0116. The molecule has 1 aliphatic rings. The van der Waals surface area contributed by atoms with Crippen LogP contribution >= 0.6 is 0 Å². The number of aromatic nitrogens is 1. The molecule has 0 aromatic carbocycles. The van der Waals surface area contributed by atoms with Crippen molar-refractivity contribution in [2.75, 3.05) is 6.61 Å². The van der Waals surface area contributed by atoms with Crippen LogP contribution < -0.4 is 5.49 Å². The fourth-order valence-corrected chi connectivity index (χ4v) is 1.92. The Morgan fingerprint density at radius 2 is 2.35 bits per heavy atom. The van der Waals surface area contributed by atoms with Gasteiger partial charge in [0.1, 0.15) is 11.6 Å². The molecule has 0 bridgehead atoms. The van der Waals surface area contributed by atoms with Gasteiger partial charge in [-0.2, -0.15) is 0 Å². The number of hydrogen-bond donors (Lipinski definition) is 0. The fraction of sp³-hybridized carbons (Fsp3) is 0.538. The Balaban J connectivity index is 2.34. The maximum Gasteiger partial charge on any atom is 0.261 e. The van der Waals surface area contributed by atoms with Crippen molar-refractivity contribution >= 4 is 5.91 Å². The van der Waals surface area contributed by atoms with E-state index in [9.17, 15) is 4.79 Å². The highest BCUT2D eigenvalue weighted by molar-refractivity contribution is 5.83. The Bertz CT molecular complexity index is 456. The first-order valence-corrected chi connectivity index (χ1v) is 6.06. The molecule has 4 heteroatoms. The Labute approximate surface area is 101 Å². The van der Waals surface area contributed by atoms with Crippen LogP contribution in [0.15, 0.2) is 29.4 Å². The molecule has 1 atom stereocenters. The van der Waals surface area contributed by atoms with Crippen molar-refractivity contribution in [2.24, 2.45) is 4.99 Å². The zero-order chi connectivity index (χ0) is 12.3. The molecule has 1 aromatic heterocycles. The van der Waals surface area contributed by atoms with Gasteiger partial charge in [0.25, 0.3) is 5.91 Å². The third-order valence-corrected chi connectivity index (χ3v) is 2.67. The predicted octanol–water partition coefficient (Wildman–Crippen LogP) is 1.62. The van der Waals surface area contributed by atoms with Crippen molar-refractivity contribution in [1.82, 2.24) is 4.57 Å². The van der Waals surface area contributed by atoms with Crippen molar-refractivity contribution in [3.8, 4) is 0 Å². The maximum atomic E-state index is 12.2. The first-order chi connectivity index (χ1) is 8.18. The van der Waals surface area contributed by atoms with Gasteiger partial charge in [0.05, 0.1) is 0 Å². The summed E-state index contributed by atoms with van der Waals surface area (Å²) in [6.45, 7) is 4.67. The van der Waals surface area contributed by atoms with Gasteiger partial charge in [-0.05, 0) is 38.8 Å². The van der Waals surface area contributed by atoms with E-state index >= 15 is 0 Å². The smallest absolute Gasteiger partial charge is 0.261 e. The lowest BCUT2D eigenvalue weighted by Gasteiger charge is -2.11. The molecule has 0 amide bonds. The number of nitrogens with zero attached hydrogens (tertiary/aromatic N) is 2. The zero-order valence-corrected chi connectivity index (χ0v) is 10.3. The molecule has 0 saturated carbocycles. The lowest BCUT2D eigenvalue weighted by atomic mass is 10.2. The Kier molecular flexibility index (Phi) is 3.74. The molecular weight excluding hydrogens is 216 g/mol. The number of pyridine rings is 1. The number of carbonyl (C=O) groups is 1. The van der Waals surface area contributed by atoms with Crippen molar-refractivity contribution in [3.05, 3.63) is 29.9 Å². The molecule has 1 fully saturated rings. The van der Waals surface area contributed by atoms with Crippen molar-refractivity contribution in [1.29, 1.82) is 0 Å². The molecule has 17 heavy (non-hydrogen) atoms. The summed E-state index contributed by atoms with van der Waals surface area (Å²) in [4.78, 5) is 16.7. The molecule has 1 aromatic rings. The van der Waals surface area contributed by atoms with Gasteiger partial charge >= 0.3 is 0 Å². The van der Waals surface area contributed by atoms with Gasteiger partial charge in [-0.1, -0.05) is 6.07 Å². The zero-order valence-electron chi connectivity index (χ0n) is 10.3. The van der Waals surface area contributed by atoms with E-state index in [-0.39, 0.29) is 18.1 Å². The summed E-state index contributed by atoms with van der Waals surface area (Å²) in [7, 11) is 0. The average Bonchev–Trinajstić information content (AvgIpc) is 2.81. The average molecular weight is 234 g/mol. The lowest BCUT2D eigenvalue weighted by Crippen LogP contribution is -2.34. The predicted molar refractivity (Wildman–Crippen MR) is 64.7 cm³/mol. The topological polar surface area (TPSA) is 43.6 Å². The van der Waals surface area contributed by atoms with Crippen molar-refractivity contribution in [3.63, 3.8) is 0 Å². The SMILES string of the molecule is CC(C)N=c1ccccn1C(=O)C1CCCO1. The summed E-state index contributed by atoms with van der Waals surface area (Å²) in [5, 5.41) is 0. The van der Waals surface area contributed by atoms with Crippen LogP contribution in [0.2, 0.25) is 0 Å². The molecule has 1 unspecified atom stereocenters. The first-order valence-electron chi connectivity index (χ1n) is 6.06. The van der Waals surface area contributed by atoms with E-state index < -0.39 is 0 Å². The summed E-state index contributed by atoms with van der Waals surface area (Å²) < 4.78 is 7.01. The second-order valence-electron chi connectivity index (χ2n) is 4.49. The second kappa shape index (κ2) is 5.27. The normalized spacial score (nSPS) is 21.1. The summed E-state index contributed by atoms with van der Waals surface area (Å²) in [6, 6.07) is 5.75. The van der Waals surface area contributed by atoms with Gasteiger partial charge in [-0.3, -0.25) is 14.4 Å². The van der Waals surface area contributed by atoms with Crippen LogP contribution in [0.3, 0.4) is 0 Å². The van der Waals surface area contributed by atoms with E-state index in [1.54, 1.807) is 10.8 Å². The Morgan fingerprint density at radius 1 is 1.53 bits per heavy atom. The molecule has 2 rings (SSSR count). The molecule has 0 radical (unpaired) electrons. The molecule has 1 saturated heterocycles. The molecule has 0 spiro atoms. The minimum atomic E-state index is -0.302. The van der Waals surface area contributed by atoms with Crippen LogP contribution in [0.5, 0.6) is 0 Å². The Hall–Kier alpha value is -1.42. The second-order valence-corrected chi connectivity index (χ2v) is 4.49. The molecule has 0 aliphatic carbocycles. The molecule has 1 aliphatic heterocycles. The highest BCUT2D eigenvalue weighted by atomic mass is 16.5. The third kappa shape index (κ3) is 2.82. The first kappa shape index (κ1) is 12.0. The number of ether oxygens (including phenoxy) is 1. The summed E-state index contributed by atoms with van der Waals surface area (Å²) in [5.74, 6) is -0.0116. The van der Waals surface area contributed by atoms with Gasteiger partial charge in [-0.15, -0.1) is 0 Å². The van der Waals surface area contributed by atoms with Crippen molar-refractivity contribution < 1.29 is 9.53 Å². The van der Waals surface area contributed by atoms with E-state index in [0.717, 1.165) is 12.8 Å². The minimum Gasteiger partial charge on any atom is -0.368 e. The molecule has 0 N–H and O–H groups in total. The largest absolute Gasteiger partial charge is 0.368 e. The standard InChI is InChI=1S/C13H18N2O2/c1-10(2)14-12-7-3-4-8-15(12)13(16)11-6-5-9-17-11/h3-4,7-8,10-11H,5-6,9H2,1-2H3. The van der Waals surface area contributed by atoms with Crippen LogP contribution in [0.1, 0.15) is 31.5 Å². The number of rotatable bonds is 2. The highest BCUT2D eigenvalue weighted by Gasteiger charge is 2.24. The van der Waals surface area contributed by atoms with Crippen LogP contribution in [0.25, 0.3) is 0 Å². The molecular formula is C13H18N2O2. The molecule has 92 valence electrons. The van der Waals surface area contributed by atoms with Crippen LogP contribution in [-0.2, 0) is 4.74 Å². The third-order valence-electron chi connectivity index (χ3n) is 2.67. The summed E-state index contributed by atoms with van der Waals surface area (Å²) in [5.41, 5.74) is 0.697. The number of carbonyl (C=O) groups excluding carboxylic acids is 1. The van der Waals surface area contributed by atoms with E-state index in [1.165, 1.54) is 0 Å². The van der Waals surface area contributed by atoms with Gasteiger partial charge in [0.15, 0.2) is 0 Å². The summed E-state index contributed by atoms with van der Waals surface area (Å²) >= 11 is 0. The maximum absolute atomic E-state index is 12.2. The quantitative estimate of drug-likeness (QED) is 0.780. The lowest BCUT2D eigenvalue weighted by molar-refractivity contribution is 0.0548. The van der Waals surface area contributed by atoms with Crippen LogP contribution in [-0.4, -0.2) is 29.2 Å². The summed E-state index contributed by atoms with van der Waals surface area (Å²) in [6.07, 6.45) is 3.22. The number of hydrogen-bond acceptors (Lipinski definition) is 3. The Morgan fingerprint density at radius 3 is 3.00 bits per heavy atom. The van der Waals surface area contributed by atoms with Gasteiger partial charge in [0, 0.05) is 18.8 Å². The van der Waals surface area contributed by atoms with E-state index in [1.807, 2.05) is 32.0 Å². The van der Waals surface area contributed by atoms with Gasteiger partial charge in [-0.25, -0.2) is 0 Å².